The van der Waals surface area contributed by atoms with Gasteiger partial charge in [-0.05, 0) is 18.9 Å². The van der Waals surface area contributed by atoms with Gasteiger partial charge in [-0.15, -0.1) is 0 Å². The number of β-amino-alcohol motifs (C(OH)–C–C–N with tert-alkyl or cyclic N) is 1. The van der Waals surface area contributed by atoms with Crippen LogP contribution in [-0.2, 0) is 0 Å². The number of nitrogens with zero attached hydrogens (tertiary/aromatic N) is 4. The number of pyridine rings is 1. The number of aliphatic hydroxyl groups is 1. The second-order valence-corrected chi connectivity index (χ2v) is 4.33. The summed E-state index contributed by atoms with van der Waals surface area (Å²) in [5.74, 6) is 0.877. The zero-order chi connectivity index (χ0) is 11.7. The molecule has 0 saturated carbocycles. The summed E-state index contributed by atoms with van der Waals surface area (Å²) >= 11 is 0. The van der Waals surface area contributed by atoms with Crippen LogP contribution in [0, 0.1) is 0 Å². The van der Waals surface area contributed by atoms with E-state index in [4.69, 9.17) is 0 Å². The Hall–Kier alpha value is -1.75. The maximum atomic E-state index is 9.71. The lowest BCUT2D eigenvalue weighted by molar-refractivity contribution is 0.154. The van der Waals surface area contributed by atoms with Gasteiger partial charge in [0.1, 0.15) is 12.1 Å². The average molecular weight is 230 g/mol. The normalized spacial score (nSPS) is 20.8. The van der Waals surface area contributed by atoms with Crippen LogP contribution in [-0.4, -0.2) is 39.3 Å². The van der Waals surface area contributed by atoms with Crippen LogP contribution in [0.15, 0.2) is 24.8 Å². The maximum absolute atomic E-state index is 9.71. The van der Waals surface area contributed by atoms with Gasteiger partial charge < -0.3 is 10.0 Å². The second-order valence-electron chi connectivity index (χ2n) is 4.33. The fraction of sp³-hybridized carbons (Fsp3) is 0.417. The molecule has 5 nitrogen and oxygen atoms in total. The Kier molecular flexibility index (Phi) is 2.60. The molecule has 17 heavy (non-hydrogen) atoms. The van der Waals surface area contributed by atoms with Crippen molar-refractivity contribution in [3.8, 4) is 0 Å². The van der Waals surface area contributed by atoms with Crippen LogP contribution in [0.25, 0.3) is 10.9 Å². The molecule has 2 aromatic rings. The van der Waals surface area contributed by atoms with Gasteiger partial charge in [-0.1, -0.05) is 0 Å². The van der Waals surface area contributed by atoms with Gasteiger partial charge in [-0.25, -0.2) is 9.97 Å². The van der Waals surface area contributed by atoms with Crippen LogP contribution >= 0.6 is 0 Å². The highest BCUT2D eigenvalue weighted by atomic mass is 16.3. The lowest BCUT2D eigenvalue weighted by atomic mass is 10.1. The summed E-state index contributed by atoms with van der Waals surface area (Å²) < 4.78 is 0. The molecule has 88 valence electrons. The molecule has 1 unspecified atom stereocenters. The predicted molar refractivity (Wildman–Crippen MR) is 64.8 cm³/mol. The predicted octanol–water partition coefficient (Wildman–Crippen LogP) is 0.986. The molecule has 1 saturated heterocycles. The Morgan fingerprint density at radius 2 is 2.29 bits per heavy atom. The fourth-order valence-electron chi connectivity index (χ4n) is 2.29. The van der Waals surface area contributed by atoms with E-state index in [0.29, 0.717) is 6.54 Å². The Bertz CT molecular complexity index is 525. The molecule has 2 aromatic heterocycles. The molecule has 1 aliphatic heterocycles. The van der Waals surface area contributed by atoms with E-state index in [2.05, 4.69) is 19.9 Å². The number of hydrogen-bond acceptors (Lipinski definition) is 5. The highest BCUT2D eigenvalue weighted by Crippen LogP contribution is 2.24. The van der Waals surface area contributed by atoms with Crippen LogP contribution in [0.2, 0.25) is 0 Å². The van der Waals surface area contributed by atoms with E-state index in [0.717, 1.165) is 36.1 Å². The van der Waals surface area contributed by atoms with Crippen molar-refractivity contribution in [1.82, 2.24) is 15.0 Å². The van der Waals surface area contributed by atoms with Crippen molar-refractivity contribution < 1.29 is 5.11 Å². The highest BCUT2D eigenvalue weighted by Gasteiger charge is 2.20. The van der Waals surface area contributed by atoms with Gasteiger partial charge >= 0.3 is 0 Å². The molecule has 0 spiro atoms. The number of aliphatic hydroxyl groups excluding tert-OH is 1. The first kappa shape index (κ1) is 10.4. The van der Waals surface area contributed by atoms with E-state index < -0.39 is 0 Å². The Balaban J connectivity index is 2.04. The van der Waals surface area contributed by atoms with Crippen molar-refractivity contribution >= 4 is 16.7 Å². The molecule has 3 rings (SSSR count). The molecule has 1 aliphatic rings. The molecule has 1 N–H and O–H groups in total. The van der Waals surface area contributed by atoms with E-state index in [1.807, 2.05) is 6.07 Å². The van der Waals surface area contributed by atoms with Gasteiger partial charge in [-0.3, -0.25) is 4.98 Å². The number of aromatic nitrogens is 3. The molecular weight excluding hydrogens is 216 g/mol. The zero-order valence-electron chi connectivity index (χ0n) is 9.45. The number of piperidine rings is 1. The van der Waals surface area contributed by atoms with E-state index in [1.54, 1.807) is 18.7 Å². The van der Waals surface area contributed by atoms with Gasteiger partial charge in [-0.2, -0.15) is 0 Å². The first-order chi connectivity index (χ1) is 8.34. The fourth-order valence-corrected chi connectivity index (χ4v) is 2.29. The van der Waals surface area contributed by atoms with Gasteiger partial charge in [0.25, 0.3) is 0 Å². The molecular formula is C12H14N4O. The van der Waals surface area contributed by atoms with Crippen molar-refractivity contribution in [1.29, 1.82) is 0 Å². The van der Waals surface area contributed by atoms with E-state index >= 15 is 0 Å². The van der Waals surface area contributed by atoms with Gasteiger partial charge in [0.15, 0.2) is 0 Å². The molecule has 0 radical (unpaired) electrons. The van der Waals surface area contributed by atoms with Crippen LogP contribution in [0.1, 0.15) is 12.8 Å². The quantitative estimate of drug-likeness (QED) is 0.791. The summed E-state index contributed by atoms with van der Waals surface area (Å²) in [4.78, 5) is 14.8. The van der Waals surface area contributed by atoms with Crippen molar-refractivity contribution in [2.24, 2.45) is 0 Å². The Morgan fingerprint density at radius 1 is 1.35 bits per heavy atom. The molecule has 0 aliphatic carbocycles. The van der Waals surface area contributed by atoms with E-state index in [1.165, 1.54) is 0 Å². The van der Waals surface area contributed by atoms with Crippen molar-refractivity contribution in [2.75, 3.05) is 18.0 Å². The van der Waals surface area contributed by atoms with E-state index in [-0.39, 0.29) is 6.10 Å². The standard InChI is InChI=1S/C12H14N4O/c17-9-2-1-5-16(7-9)12-10-6-13-4-3-11(10)14-8-15-12/h3-4,6,8-9,17H,1-2,5,7H2. The summed E-state index contributed by atoms with van der Waals surface area (Å²) in [5.41, 5.74) is 0.894. The minimum Gasteiger partial charge on any atom is -0.391 e. The summed E-state index contributed by atoms with van der Waals surface area (Å²) in [5, 5.41) is 10.7. The minimum absolute atomic E-state index is 0.259. The highest BCUT2D eigenvalue weighted by molar-refractivity contribution is 5.88. The molecule has 3 heterocycles. The Morgan fingerprint density at radius 3 is 3.18 bits per heavy atom. The zero-order valence-corrected chi connectivity index (χ0v) is 9.45. The third kappa shape index (κ3) is 1.93. The lowest BCUT2D eigenvalue weighted by Gasteiger charge is -2.31. The summed E-state index contributed by atoms with van der Waals surface area (Å²) in [6.07, 6.45) is 6.68. The van der Waals surface area contributed by atoms with Crippen LogP contribution in [0.5, 0.6) is 0 Å². The van der Waals surface area contributed by atoms with Gasteiger partial charge in [0.05, 0.1) is 17.0 Å². The van der Waals surface area contributed by atoms with Crippen molar-refractivity contribution in [2.45, 2.75) is 18.9 Å². The molecule has 1 fully saturated rings. The second kappa shape index (κ2) is 4.25. The summed E-state index contributed by atoms with van der Waals surface area (Å²) in [7, 11) is 0. The third-order valence-electron chi connectivity index (χ3n) is 3.11. The lowest BCUT2D eigenvalue weighted by Crippen LogP contribution is -2.38. The van der Waals surface area contributed by atoms with E-state index in [9.17, 15) is 5.11 Å². The molecule has 0 amide bonds. The van der Waals surface area contributed by atoms with Gasteiger partial charge in [0, 0.05) is 25.5 Å². The first-order valence-electron chi connectivity index (χ1n) is 5.82. The first-order valence-corrected chi connectivity index (χ1v) is 5.82. The minimum atomic E-state index is -0.259. The Labute approximate surface area is 99.1 Å². The van der Waals surface area contributed by atoms with Crippen molar-refractivity contribution in [3.05, 3.63) is 24.8 Å². The number of anilines is 1. The average Bonchev–Trinajstić information content (AvgIpc) is 2.38. The maximum Gasteiger partial charge on any atom is 0.141 e. The number of hydrogen-bond donors (Lipinski definition) is 1. The third-order valence-corrected chi connectivity index (χ3v) is 3.11. The summed E-state index contributed by atoms with van der Waals surface area (Å²) in [6, 6.07) is 1.88. The monoisotopic (exact) mass is 230 g/mol. The van der Waals surface area contributed by atoms with Gasteiger partial charge in [0.2, 0.25) is 0 Å². The number of fused-ring (bicyclic) bond motifs is 1. The van der Waals surface area contributed by atoms with Crippen LogP contribution in [0.3, 0.4) is 0 Å². The smallest absolute Gasteiger partial charge is 0.141 e. The van der Waals surface area contributed by atoms with Crippen molar-refractivity contribution in [3.63, 3.8) is 0 Å². The number of rotatable bonds is 1. The molecule has 1 atom stereocenters. The van der Waals surface area contributed by atoms with Crippen LogP contribution in [0.4, 0.5) is 5.82 Å². The molecule has 0 aromatic carbocycles. The van der Waals surface area contributed by atoms with Crippen LogP contribution < -0.4 is 4.90 Å². The largest absolute Gasteiger partial charge is 0.391 e. The molecule has 5 heteroatoms. The SMILES string of the molecule is OC1CCCN(c2ncnc3ccncc23)C1. The summed E-state index contributed by atoms with van der Waals surface area (Å²) in [6.45, 7) is 1.57. The molecule has 0 bridgehead atoms. The topological polar surface area (TPSA) is 62.1 Å².